The minimum Gasteiger partial charge on any atom is -0.326 e. The zero-order valence-electron chi connectivity index (χ0n) is 23.7. The Morgan fingerprint density at radius 2 is 1.50 bits per heavy atom. The van der Waals surface area contributed by atoms with E-state index < -0.39 is 0 Å². The predicted molar refractivity (Wildman–Crippen MR) is 156 cm³/mol. The minimum absolute atomic E-state index is 0.00285. The van der Waals surface area contributed by atoms with Crippen molar-refractivity contribution in [2.75, 3.05) is 13.1 Å². The van der Waals surface area contributed by atoms with Gasteiger partial charge in [0.05, 0.1) is 0 Å². The van der Waals surface area contributed by atoms with Gasteiger partial charge in [0.25, 0.3) is 0 Å². The van der Waals surface area contributed by atoms with E-state index in [1.165, 1.54) is 5.57 Å². The van der Waals surface area contributed by atoms with Gasteiger partial charge >= 0.3 is 0 Å². The van der Waals surface area contributed by atoms with E-state index in [1.807, 2.05) is 91.8 Å². The summed E-state index contributed by atoms with van der Waals surface area (Å²) in [6.45, 7) is 31.5. The predicted octanol–water partition coefficient (Wildman–Crippen LogP) is 8.32. The Bertz CT molecular complexity index is 674. The Labute approximate surface area is 212 Å². The molecule has 0 bridgehead atoms. The van der Waals surface area contributed by atoms with Crippen molar-refractivity contribution in [3.63, 3.8) is 0 Å². The number of hydrogen-bond acceptors (Lipinski definition) is 2. The maximum atomic E-state index is 12.9. The zero-order valence-corrected chi connectivity index (χ0v) is 23.7. The van der Waals surface area contributed by atoms with Crippen LogP contribution in [0.3, 0.4) is 0 Å². The quantitative estimate of drug-likeness (QED) is 0.315. The first kappa shape index (κ1) is 36.2. The molecule has 1 aliphatic heterocycles. The van der Waals surface area contributed by atoms with Crippen molar-refractivity contribution in [1.82, 2.24) is 10.6 Å². The molecule has 0 aliphatic carbocycles. The Morgan fingerprint density at radius 1 is 0.941 bits per heavy atom. The number of carbonyl (C=O) groups is 1. The first-order valence-electron chi connectivity index (χ1n) is 13.1. The largest absolute Gasteiger partial charge is 0.326 e. The number of hydrogen-bond donors (Lipinski definition) is 2. The Hall–Kier alpha value is -2.39. The van der Waals surface area contributed by atoms with E-state index >= 15 is 0 Å². The summed E-state index contributed by atoms with van der Waals surface area (Å²) in [5, 5.41) is 6.46. The molecule has 0 spiro atoms. The van der Waals surface area contributed by atoms with Gasteiger partial charge in [-0.25, -0.2) is 0 Å². The molecule has 1 rings (SSSR count). The lowest BCUT2D eigenvalue weighted by Gasteiger charge is -2.24. The fraction of sp³-hybridized carbons (Fsp3) is 0.516. The van der Waals surface area contributed by atoms with E-state index in [4.69, 9.17) is 0 Å². The van der Waals surface area contributed by atoms with E-state index in [0.717, 1.165) is 37.2 Å². The second-order valence-corrected chi connectivity index (χ2v) is 7.18. The summed E-state index contributed by atoms with van der Waals surface area (Å²) in [5.41, 5.74) is 3.05. The summed E-state index contributed by atoms with van der Waals surface area (Å²) < 4.78 is 0. The summed E-state index contributed by atoms with van der Waals surface area (Å²) in [6.07, 6.45) is 17.4. The Kier molecular flexibility index (Phi) is 26.9. The smallest absolute Gasteiger partial charge is 0.227 e. The highest BCUT2D eigenvalue weighted by Crippen LogP contribution is 2.25. The third kappa shape index (κ3) is 14.7. The minimum atomic E-state index is -0.173. The van der Waals surface area contributed by atoms with Crippen molar-refractivity contribution in [1.29, 1.82) is 0 Å². The molecule has 194 valence electrons. The van der Waals surface area contributed by atoms with Crippen LogP contribution in [0.2, 0.25) is 0 Å². The van der Waals surface area contributed by atoms with Crippen molar-refractivity contribution in [3.8, 4) is 0 Å². The fourth-order valence-corrected chi connectivity index (χ4v) is 3.39. The highest BCUT2D eigenvalue weighted by Gasteiger charge is 2.23. The number of amides is 1. The molecule has 1 aliphatic rings. The number of piperidine rings is 1. The van der Waals surface area contributed by atoms with Gasteiger partial charge in [0.2, 0.25) is 5.91 Å². The van der Waals surface area contributed by atoms with E-state index in [9.17, 15) is 4.79 Å². The number of carbonyl (C=O) groups excluding carboxylic acids is 1. The molecule has 0 radical (unpaired) electrons. The topological polar surface area (TPSA) is 41.1 Å². The second kappa shape index (κ2) is 25.2. The van der Waals surface area contributed by atoms with Crippen molar-refractivity contribution < 1.29 is 4.79 Å². The first-order chi connectivity index (χ1) is 16.5. The van der Waals surface area contributed by atoms with Gasteiger partial charge in [-0.05, 0) is 68.0 Å². The molecule has 0 aromatic carbocycles. The van der Waals surface area contributed by atoms with Crippen LogP contribution in [-0.4, -0.2) is 19.0 Å². The van der Waals surface area contributed by atoms with Crippen LogP contribution in [0.4, 0.5) is 0 Å². The van der Waals surface area contributed by atoms with Gasteiger partial charge in [0, 0.05) is 11.6 Å². The van der Waals surface area contributed by atoms with Gasteiger partial charge in [-0.2, -0.15) is 0 Å². The molecule has 2 unspecified atom stereocenters. The lowest BCUT2D eigenvalue weighted by Crippen LogP contribution is -2.32. The standard InChI is InChI=1S/C25H36N2O.3C2H6/c1-7-11-13-21(9-3)19(5)20(6)25(28)27-24(12-8-2)18-22(10-4)23-14-16-26-17-15-23;3*1-2/h7-13,18-20,23,26H,1-2,4,14-17H2,3,5-6H3,(H,27,28);3*1-2H3/b13-11-,21-9+,22-18+,24-12+;;;. The summed E-state index contributed by atoms with van der Waals surface area (Å²) in [6, 6.07) is 0. The summed E-state index contributed by atoms with van der Waals surface area (Å²) in [4.78, 5) is 12.9. The maximum Gasteiger partial charge on any atom is 0.227 e. The van der Waals surface area contributed by atoms with Crippen LogP contribution in [0.15, 0.2) is 85.2 Å². The van der Waals surface area contributed by atoms with Crippen LogP contribution in [0.25, 0.3) is 0 Å². The molecule has 3 nitrogen and oxygen atoms in total. The second-order valence-electron chi connectivity index (χ2n) is 7.18. The van der Waals surface area contributed by atoms with E-state index in [1.54, 1.807) is 12.2 Å². The molecule has 3 heteroatoms. The van der Waals surface area contributed by atoms with Crippen LogP contribution in [0.5, 0.6) is 0 Å². The third-order valence-electron chi connectivity index (χ3n) is 5.38. The third-order valence-corrected chi connectivity index (χ3v) is 5.38. The number of rotatable bonds is 10. The van der Waals surface area contributed by atoms with Crippen molar-refractivity contribution in [2.24, 2.45) is 17.8 Å². The van der Waals surface area contributed by atoms with Gasteiger partial charge in [0.1, 0.15) is 0 Å². The highest BCUT2D eigenvalue weighted by atomic mass is 16.1. The summed E-state index contributed by atoms with van der Waals surface area (Å²) in [7, 11) is 0. The van der Waals surface area contributed by atoms with Crippen molar-refractivity contribution in [2.45, 2.75) is 75.2 Å². The molecule has 34 heavy (non-hydrogen) atoms. The normalized spacial score (nSPS) is 16.3. The molecule has 2 N–H and O–H groups in total. The molecule has 1 saturated heterocycles. The monoisotopic (exact) mass is 470 g/mol. The lowest BCUT2D eigenvalue weighted by molar-refractivity contribution is -0.124. The first-order valence-corrected chi connectivity index (χ1v) is 13.1. The number of nitrogens with one attached hydrogen (secondary N) is 2. The van der Waals surface area contributed by atoms with Gasteiger partial charge in [-0.3, -0.25) is 4.79 Å². The maximum absolute atomic E-state index is 12.9. The van der Waals surface area contributed by atoms with Crippen LogP contribution in [-0.2, 0) is 4.79 Å². The van der Waals surface area contributed by atoms with Gasteiger partial charge in [0.15, 0.2) is 0 Å². The molecule has 1 heterocycles. The number of allylic oxidation sites excluding steroid dienone is 10. The van der Waals surface area contributed by atoms with E-state index in [-0.39, 0.29) is 17.7 Å². The average Bonchev–Trinajstić information content (AvgIpc) is 2.91. The van der Waals surface area contributed by atoms with Crippen LogP contribution in [0.1, 0.15) is 75.2 Å². The lowest BCUT2D eigenvalue weighted by atomic mass is 9.87. The van der Waals surface area contributed by atoms with Gasteiger partial charge in [-0.15, -0.1) is 0 Å². The SMILES string of the molecule is C=C/C=C\C(=C/C)C(C)C(C)C(=O)NC(=C/C=C)/C=C(\C=C)C1CCNCC1.CC.CC.CC. The molecule has 1 amide bonds. The molecule has 1 fully saturated rings. The molecular formula is C31H54N2O. The fourth-order valence-electron chi connectivity index (χ4n) is 3.39. The van der Waals surface area contributed by atoms with Crippen LogP contribution < -0.4 is 10.6 Å². The summed E-state index contributed by atoms with van der Waals surface area (Å²) >= 11 is 0. The Balaban J connectivity index is -0.00000148. The summed E-state index contributed by atoms with van der Waals surface area (Å²) in [5.74, 6) is 0.391. The van der Waals surface area contributed by atoms with Gasteiger partial charge < -0.3 is 10.6 Å². The molecule has 0 aromatic rings. The van der Waals surface area contributed by atoms with Crippen molar-refractivity contribution >= 4 is 5.91 Å². The molecular weight excluding hydrogens is 416 g/mol. The average molecular weight is 471 g/mol. The van der Waals surface area contributed by atoms with Gasteiger partial charge in [-0.1, -0.05) is 112 Å². The van der Waals surface area contributed by atoms with Crippen LogP contribution >= 0.6 is 0 Å². The molecule has 0 saturated carbocycles. The van der Waals surface area contributed by atoms with E-state index in [0.29, 0.717) is 5.92 Å². The van der Waals surface area contributed by atoms with Crippen molar-refractivity contribution in [3.05, 3.63) is 85.2 Å². The molecule has 0 aromatic heterocycles. The highest BCUT2D eigenvalue weighted by molar-refractivity contribution is 5.81. The molecule has 2 atom stereocenters. The Morgan fingerprint density at radius 3 is 1.94 bits per heavy atom. The van der Waals surface area contributed by atoms with Crippen LogP contribution in [0, 0.1) is 17.8 Å². The van der Waals surface area contributed by atoms with E-state index in [2.05, 4.69) is 37.3 Å². The zero-order chi connectivity index (χ0) is 26.9.